The first kappa shape index (κ1) is 23.0. The van der Waals surface area contributed by atoms with Gasteiger partial charge < -0.3 is 34.7 Å². The number of phenols is 1. The van der Waals surface area contributed by atoms with Gasteiger partial charge in [0.1, 0.15) is 5.69 Å². The second-order valence-electron chi connectivity index (χ2n) is 9.34. The lowest BCUT2D eigenvalue weighted by molar-refractivity contribution is -0.125. The number of phenolic OH excluding ortho intramolecular Hbond substituents is 1. The molecule has 3 aromatic rings. The number of nitrogens with zero attached hydrogens (tertiary/aromatic N) is 1. The zero-order valence-corrected chi connectivity index (χ0v) is 20.2. The molecule has 2 aliphatic heterocycles. The van der Waals surface area contributed by atoms with Gasteiger partial charge in [-0.25, -0.2) is 0 Å². The Balaban J connectivity index is 1.54. The highest BCUT2D eigenvalue weighted by Gasteiger charge is 2.48. The van der Waals surface area contributed by atoms with Crippen molar-refractivity contribution in [2.24, 2.45) is 11.8 Å². The van der Waals surface area contributed by atoms with Crippen LogP contribution in [-0.4, -0.2) is 54.7 Å². The molecule has 11 heteroatoms. The van der Waals surface area contributed by atoms with Crippen LogP contribution in [0.15, 0.2) is 36.5 Å². The van der Waals surface area contributed by atoms with Gasteiger partial charge in [0.05, 0.1) is 20.3 Å². The molecule has 4 N–H and O–H groups in total. The van der Waals surface area contributed by atoms with Crippen molar-refractivity contribution in [1.82, 2.24) is 20.8 Å². The van der Waals surface area contributed by atoms with E-state index in [1.54, 1.807) is 18.2 Å². The van der Waals surface area contributed by atoms with E-state index in [-0.39, 0.29) is 60.0 Å². The average Bonchev–Trinajstić information content (AvgIpc) is 3.60. The maximum Gasteiger partial charge on any atom is 0.269 e. The fourth-order valence-corrected chi connectivity index (χ4v) is 5.83. The van der Waals surface area contributed by atoms with Crippen LogP contribution in [0, 0.1) is 11.8 Å². The third-order valence-electron chi connectivity index (χ3n) is 7.50. The number of carbonyl (C=O) groups is 2. The summed E-state index contributed by atoms with van der Waals surface area (Å²) in [5.74, 6) is 0.686. The van der Waals surface area contributed by atoms with E-state index < -0.39 is 6.04 Å². The quantitative estimate of drug-likeness (QED) is 0.412. The van der Waals surface area contributed by atoms with Gasteiger partial charge in [-0.15, -0.1) is 0 Å². The van der Waals surface area contributed by atoms with Crippen molar-refractivity contribution >= 4 is 11.8 Å². The normalized spacial score (nSPS) is 23.5. The number of fused-ring (bicyclic) bond motifs is 3. The van der Waals surface area contributed by atoms with Gasteiger partial charge in [-0.1, -0.05) is 0 Å². The Hall–Kier alpha value is -4.41. The molecule has 0 unspecified atom stereocenters. The molecule has 11 nitrogen and oxygen atoms in total. The van der Waals surface area contributed by atoms with Crippen molar-refractivity contribution < 1.29 is 33.6 Å². The Labute approximate surface area is 212 Å². The van der Waals surface area contributed by atoms with E-state index in [9.17, 15) is 14.7 Å². The molecule has 2 amide bonds. The highest BCUT2D eigenvalue weighted by atomic mass is 16.7. The fourth-order valence-electron chi connectivity index (χ4n) is 5.83. The fraction of sp³-hybridized carbons (Fsp3) is 0.346. The molecule has 0 saturated carbocycles. The van der Waals surface area contributed by atoms with Crippen molar-refractivity contribution in [3.63, 3.8) is 0 Å². The number of benzene rings is 2. The zero-order valence-electron chi connectivity index (χ0n) is 20.2. The Morgan fingerprint density at radius 3 is 2.43 bits per heavy atom. The van der Waals surface area contributed by atoms with Crippen molar-refractivity contribution in [2.75, 3.05) is 27.6 Å². The SMILES string of the molecule is COc1cc([C@@H]2c3cc4c(cc3[C@@H](NC(=O)c3ccn[nH]3)[C@H]3CNC(=O)C[C@H]23)OCO4)cc(OC)c1O. The van der Waals surface area contributed by atoms with Gasteiger partial charge in [0.2, 0.25) is 18.4 Å². The number of amides is 2. The maximum atomic E-state index is 13.1. The molecular formula is C26H26N4O7. The molecule has 0 radical (unpaired) electrons. The number of nitrogens with one attached hydrogen (secondary N) is 3. The number of methoxy groups -OCH3 is 2. The Morgan fingerprint density at radius 2 is 1.78 bits per heavy atom. The first-order valence-electron chi connectivity index (χ1n) is 11.9. The van der Waals surface area contributed by atoms with Gasteiger partial charge in [-0.3, -0.25) is 14.7 Å². The van der Waals surface area contributed by atoms with E-state index in [0.29, 0.717) is 23.7 Å². The average molecular weight is 507 g/mol. The predicted molar refractivity (Wildman–Crippen MR) is 129 cm³/mol. The number of aromatic hydroxyl groups is 1. The van der Waals surface area contributed by atoms with Crippen LogP contribution in [-0.2, 0) is 4.79 Å². The maximum absolute atomic E-state index is 13.1. The minimum atomic E-state index is -0.414. The number of hydrogen-bond donors (Lipinski definition) is 4. The summed E-state index contributed by atoms with van der Waals surface area (Å²) < 4.78 is 22.2. The van der Waals surface area contributed by atoms with Crippen LogP contribution in [0.1, 0.15) is 45.6 Å². The zero-order chi connectivity index (χ0) is 25.7. The predicted octanol–water partition coefficient (Wildman–Crippen LogP) is 2.23. The van der Waals surface area contributed by atoms with E-state index in [0.717, 1.165) is 16.7 Å². The minimum Gasteiger partial charge on any atom is -0.502 e. The van der Waals surface area contributed by atoms with Gasteiger partial charge in [0.15, 0.2) is 23.0 Å². The van der Waals surface area contributed by atoms with Crippen LogP contribution in [0.5, 0.6) is 28.7 Å². The van der Waals surface area contributed by atoms with Crippen molar-refractivity contribution in [1.29, 1.82) is 0 Å². The number of carbonyl (C=O) groups excluding carboxylic acids is 2. The molecule has 1 aliphatic carbocycles. The van der Waals surface area contributed by atoms with E-state index in [1.807, 2.05) is 12.1 Å². The molecule has 2 aromatic carbocycles. The van der Waals surface area contributed by atoms with Gasteiger partial charge in [0, 0.05) is 31.0 Å². The third-order valence-corrected chi connectivity index (χ3v) is 7.50. The van der Waals surface area contributed by atoms with Crippen LogP contribution >= 0.6 is 0 Å². The number of aromatic amines is 1. The summed E-state index contributed by atoms with van der Waals surface area (Å²) in [6, 6.07) is 8.56. The lowest BCUT2D eigenvalue weighted by Crippen LogP contribution is -2.51. The second kappa shape index (κ2) is 8.91. The summed E-state index contributed by atoms with van der Waals surface area (Å²) in [7, 11) is 2.95. The van der Waals surface area contributed by atoms with E-state index >= 15 is 0 Å². The first-order chi connectivity index (χ1) is 18.0. The van der Waals surface area contributed by atoms with E-state index in [2.05, 4.69) is 20.8 Å². The molecule has 0 spiro atoms. The minimum absolute atomic E-state index is 0.0632. The van der Waals surface area contributed by atoms with Crippen LogP contribution in [0.3, 0.4) is 0 Å². The molecular weight excluding hydrogens is 480 g/mol. The number of ether oxygens (including phenoxy) is 4. The van der Waals surface area contributed by atoms with E-state index in [4.69, 9.17) is 18.9 Å². The molecule has 6 rings (SSSR count). The standard InChI is InChI=1S/C26H26N4O7/c1-34-20-5-12(6-21(35-2)25(20)32)23-13-7-18-19(37-11-36-18)8-15(13)24(16-10-27-22(31)9-14(16)23)29-26(33)17-3-4-28-30-17/h3-8,14,16,23-24,32H,9-11H2,1-2H3,(H,27,31)(H,28,30)(H,29,33)/t14-,16-,23+,24+/m0/s1. The lowest BCUT2D eigenvalue weighted by atomic mass is 9.62. The highest BCUT2D eigenvalue weighted by molar-refractivity contribution is 5.92. The highest BCUT2D eigenvalue weighted by Crippen LogP contribution is 2.55. The molecule has 3 aliphatic rings. The topological polar surface area (TPSA) is 144 Å². The van der Waals surface area contributed by atoms with Crippen LogP contribution < -0.4 is 29.6 Å². The molecule has 4 atom stereocenters. The Morgan fingerprint density at radius 1 is 1.08 bits per heavy atom. The van der Waals surface area contributed by atoms with Crippen LogP contribution in [0.25, 0.3) is 0 Å². The first-order valence-corrected chi connectivity index (χ1v) is 11.9. The third kappa shape index (κ3) is 3.78. The van der Waals surface area contributed by atoms with Gasteiger partial charge in [-0.2, -0.15) is 5.10 Å². The molecule has 192 valence electrons. The summed E-state index contributed by atoms with van der Waals surface area (Å²) in [5, 5.41) is 23.3. The molecule has 3 heterocycles. The summed E-state index contributed by atoms with van der Waals surface area (Å²) in [4.78, 5) is 25.8. The molecule has 1 aromatic heterocycles. The van der Waals surface area contributed by atoms with Crippen LogP contribution in [0.4, 0.5) is 0 Å². The largest absolute Gasteiger partial charge is 0.502 e. The summed E-state index contributed by atoms with van der Waals surface area (Å²) in [6.45, 7) is 0.482. The Bertz CT molecular complexity index is 1350. The smallest absolute Gasteiger partial charge is 0.269 e. The monoisotopic (exact) mass is 506 g/mol. The summed E-state index contributed by atoms with van der Waals surface area (Å²) in [5.41, 5.74) is 2.92. The lowest BCUT2D eigenvalue weighted by Gasteiger charge is -2.47. The number of H-pyrrole nitrogens is 1. The van der Waals surface area contributed by atoms with E-state index in [1.165, 1.54) is 20.4 Å². The Kier molecular flexibility index (Phi) is 5.54. The van der Waals surface area contributed by atoms with Gasteiger partial charge >= 0.3 is 0 Å². The molecule has 0 bridgehead atoms. The summed E-state index contributed by atoms with van der Waals surface area (Å²) >= 11 is 0. The molecule has 1 saturated heterocycles. The summed E-state index contributed by atoms with van der Waals surface area (Å²) in [6.07, 6.45) is 1.78. The van der Waals surface area contributed by atoms with Gasteiger partial charge in [0.25, 0.3) is 5.91 Å². The second-order valence-corrected chi connectivity index (χ2v) is 9.34. The number of piperidine rings is 1. The molecule has 1 fully saturated rings. The van der Waals surface area contributed by atoms with Gasteiger partial charge in [-0.05, 0) is 52.9 Å². The van der Waals surface area contributed by atoms with Crippen molar-refractivity contribution in [3.8, 4) is 28.7 Å². The van der Waals surface area contributed by atoms with Crippen molar-refractivity contribution in [2.45, 2.75) is 18.4 Å². The van der Waals surface area contributed by atoms with Crippen molar-refractivity contribution in [3.05, 3.63) is 58.9 Å². The number of aromatic nitrogens is 2. The van der Waals surface area contributed by atoms with Crippen LogP contribution in [0.2, 0.25) is 0 Å². The number of rotatable bonds is 5. The molecule has 37 heavy (non-hydrogen) atoms. The number of hydrogen-bond acceptors (Lipinski definition) is 8.